The molecule has 1 aliphatic heterocycles. The fraction of sp³-hybridized carbons (Fsp3) is 0.464. The molecule has 2 aromatic carbocycles. The molecule has 2 heterocycles. The van der Waals surface area contributed by atoms with Crippen molar-refractivity contribution in [3.8, 4) is 5.69 Å². The van der Waals surface area contributed by atoms with Crippen molar-refractivity contribution in [2.45, 2.75) is 53.2 Å². The summed E-state index contributed by atoms with van der Waals surface area (Å²) in [4.78, 5) is 7.42. The molecule has 0 saturated carbocycles. The van der Waals surface area contributed by atoms with Gasteiger partial charge in [0.1, 0.15) is 11.6 Å². The van der Waals surface area contributed by atoms with E-state index in [1.54, 1.807) is 0 Å². The Morgan fingerprint density at radius 2 is 1.69 bits per heavy atom. The minimum Gasteiger partial charge on any atom is -0.354 e. The van der Waals surface area contributed by atoms with E-state index in [1.807, 2.05) is 35.0 Å². The Bertz CT molecular complexity index is 1110. The summed E-state index contributed by atoms with van der Waals surface area (Å²) in [6.07, 6.45) is 1.04. The summed E-state index contributed by atoms with van der Waals surface area (Å²) >= 11 is 6.54. The van der Waals surface area contributed by atoms with E-state index < -0.39 is 0 Å². The molecule has 1 saturated heterocycles. The SMILES string of the molecule is CC[C@@H](C)N(Cc1ccccc1Cl)Cc1c(C)nn(-c2ccc(F)cc2)c1N1CCN(CC)CC1. The number of anilines is 1. The van der Waals surface area contributed by atoms with Crippen molar-refractivity contribution in [1.82, 2.24) is 19.6 Å². The lowest BCUT2D eigenvalue weighted by Gasteiger charge is -2.37. The van der Waals surface area contributed by atoms with Crippen molar-refractivity contribution in [1.29, 1.82) is 0 Å². The molecule has 0 bridgehead atoms. The Morgan fingerprint density at radius 3 is 2.31 bits per heavy atom. The van der Waals surface area contributed by atoms with Crippen LogP contribution in [-0.4, -0.2) is 58.3 Å². The number of likely N-dealkylation sites (N-methyl/N-ethyl adjacent to an activating group) is 1. The van der Waals surface area contributed by atoms with E-state index in [2.05, 4.69) is 48.5 Å². The van der Waals surface area contributed by atoms with Gasteiger partial charge in [-0.05, 0) is 62.7 Å². The van der Waals surface area contributed by atoms with Crippen LogP contribution in [0.5, 0.6) is 0 Å². The first kappa shape index (κ1) is 25.7. The lowest BCUT2D eigenvalue weighted by Crippen LogP contribution is -2.47. The third kappa shape index (κ3) is 5.88. The van der Waals surface area contributed by atoms with E-state index in [1.165, 1.54) is 17.7 Å². The first-order valence-corrected chi connectivity index (χ1v) is 13.1. The normalized spacial score (nSPS) is 15.7. The quantitative estimate of drug-likeness (QED) is 0.367. The third-order valence-corrected chi connectivity index (χ3v) is 7.62. The van der Waals surface area contributed by atoms with Crippen LogP contribution in [0.2, 0.25) is 5.02 Å². The number of nitrogens with zero attached hydrogens (tertiary/aromatic N) is 5. The molecule has 3 aromatic rings. The van der Waals surface area contributed by atoms with E-state index in [-0.39, 0.29) is 5.82 Å². The van der Waals surface area contributed by atoms with Crippen LogP contribution in [0.25, 0.3) is 5.69 Å². The zero-order chi connectivity index (χ0) is 24.9. The largest absolute Gasteiger partial charge is 0.354 e. The predicted octanol–water partition coefficient (Wildman–Crippen LogP) is 5.92. The second-order valence-electron chi connectivity index (χ2n) is 9.45. The third-order valence-electron chi connectivity index (χ3n) is 7.25. The number of hydrogen-bond acceptors (Lipinski definition) is 4. The number of aromatic nitrogens is 2. The van der Waals surface area contributed by atoms with Crippen molar-refractivity contribution in [2.75, 3.05) is 37.6 Å². The minimum atomic E-state index is -0.237. The van der Waals surface area contributed by atoms with Gasteiger partial charge in [-0.3, -0.25) is 4.90 Å². The van der Waals surface area contributed by atoms with Crippen molar-refractivity contribution in [3.05, 3.63) is 76.2 Å². The molecule has 188 valence electrons. The molecule has 7 heteroatoms. The maximum absolute atomic E-state index is 13.7. The first-order valence-electron chi connectivity index (χ1n) is 12.7. The van der Waals surface area contributed by atoms with Gasteiger partial charge in [-0.25, -0.2) is 9.07 Å². The highest BCUT2D eigenvalue weighted by Gasteiger charge is 2.27. The molecule has 1 atom stereocenters. The van der Waals surface area contributed by atoms with Gasteiger partial charge in [0.05, 0.1) is 11.4 Å². The lowest BCUT2D eigenvalue weighted by atomic mass is 10.1. The fourth-order valence-electron chi connectivity index (χ4n) is 4.77. The maximum Gasteiger partial charge on any atom is 0.137 e. The molecule has 4 rings (SSSR count). The Hall–Kier alpha value is -2.41. The molecule has 0 amide bonds. The predicted molar refractivity (Wildman–Crippen MR) is 143 cm³/mol. The van der Waals surface area contributed by atoms with E-state index in [0.29, 0.717) is 6.04 Å². The van der Waals surface area contributed by atoms with Crippen molar-refractivity contribution in [2.24, 2.45) is 0 Å². The van der Waals surface area contributed by atoms with Gasteiger partial charge in [0.15, 0.2) is 0 Å². The molecule has 0 N–H and O–H groups in total. The topological polar surface area (TPSA) is 27.5 Å². The Kier molecular flexibility index (Phi) is 8.47. The van der Waals surface area contributed by atoms with E-state index in [9.17, 15) is 4.39 Å². The molecule has 0 spiro atoms. The van der Waals surface area contributed by atoms with E-state index >= 15 is 0 Å². The molecular formula is C28H37ClFN5. The van der Waals surface area contributed by atoms with Gasteiger partial charge in [-0.1, -0.05) is 43.6 Å². The minimum absolute atomic E-state index is 0.237. The van der Waals surface area contributed by atoms with E-state index in [4.69, 9.17) is 16.7 Å². The molecule has 1 aliphatic rings. The van der Waals surface area contributed by atoms with Crippen LogP contribution in [-0.2, 0) is 13.1 Å². The zero-order valence-corrected chi connectivity index (χ0v) is 22.1. The number of hydrogen-bond donors (Lipinski definition) is 0. The second-order valence-corrected chi connectivity index (χ2v) is 9.86. The Morgan fingerprint density at radius 1 is 1.00 bits per heavy atom. The van der Waals surface area contributed by atoms with Crippen molar-refractivity contribution >= 4 is 17.4 Å². The van der Waals surface area contributed by atoms with Crippen LogP contribution in [0, 0.1) is 12.7 Å². The van der Waals surface area contributed by atoms with Crippen LogP contribution in [0.3, 0.4) is 0 Å². The molecule has 0 radical (unpaired) electrons. The van der Waals surface area contributed by atoms with Crippen LogP contribution in [0.4, 0.5) is 10.2 Å². The van der Waals surface area contributed by atoms with Crippen molar-refractivity contribution in [3.63, 3.8) is 0 Å². The summed E-state index contributed by atoms with van der Waals surface area (Å²) in [5.74, 6) is 0.885. The molecule has 5 nitrogen and oxygen atoms in total. The summed E-state index contributed by atoms with van der Waals surface area (Å²) < 4.78 is 15.7. The molecular weight excluding hydrogens is 461 g/mol. The smallest absolute Gasteiger partial charge is 0.137 e. The van der Waals surface area contributed by atoms with Gasteiger partial charge in [-0.15, -0.1) is 0 Å². The first-order chi connectivity index (χ1) is 16.9. The van der Waals surface area contributed by atoms with Crippen LogP contribution in [0.1, 0.15) is 44.0 Å². The summed E-state index contributed by atoms with van der Waals surface area (Å²) in [5.41, 5.74) is 4.26. The van der Waals surface area contributed by atoms with Gasteiger partial charge in [0, 0.05) is 55.9 Å². The zero-order valence-electron chi connectivity index (χ0n) is 21.3. The number of halogens is 2. The highest BCUT2D eigenvalue weighted by atomic mass is 35.5. The maximum atomic E-state index is 13.7. The molecule has 0 unspecified atom stereocenters. The summed E-state index contributed by atoms with van der Waals surface area (Å²) in [7, 11) is 0. The van der Waals surface area contributed by atoms with Crippen LogP contribution < -0.4 is 4.90 Å². The highest BCUT2D eigenvalue weighted by molar-refractivity contribution is 6.31. The van der Waals surface area contributed by atoms with Crippen LogP contribution in [0.15, 0.2) is 48.5 Å². The summed E-state index contributed by atoms with van der Waals surface area (Å²) in [6.45, 7) is 15.4. The number of aryl methyl sites for hydroxylation is 1. The lowest BCUT2D eigenvalue weighted by molar-refractivity contribution is 0.185. The molecule has 1 aromatic heterocycles. The fourth-order valence-corrected chi connectivity index (χ4v) is 4.97. The van der Waals surface area contributed by atoms with Gasteiger partial charge in [0.2, 0.25) is 0 Å². The summed E-state index contributed by atoms with van der Waals surface area (Å²) in [5, 5.41) is 5.78. The molecule has 1 fully saturated rings. The average molecular weight is 498 g/mol. The van der Waals surface area contributed by atoms with Gasteiger partial charge < -0.3 is 9.80 Å². The highest BCUT2D eigenvalue weighted by Crippen LogP contribution is 2.31. The van der Waals surface area contributed by atoms with Crippen molar-refractivity contribution < 1.29 is 4.39 Å². The molecule has 35 heavy (non-hydrogen) atoms. The Balaban J connectivity index is 1.73. The van der Waals surface area contributed by atoms with Gasteiger partial charge in [0.25, 0.3) is 0 Å². The number of rotatable bonds is 9. The van der Waals surface area contributed by atoms with E-state index in [0.717, 1.165) is 80.0 Å². The van der Waals surface area contributed by atoms with Crippen LogP contribution >= 0.6 is 11.6 Å². The standard InChI is InChI=1S/C28H37ClFN5/c1-5-21(3)34(19-23-9-7-8-10-27(23)29)20-26-22(4)31-35(25-13-11-24(30)12-14-25)28(26)33-17-15-32(6-2)16-18-33/h7-14,21H,5-6,15-20H2,1-4H3/t21-/m1/s1. The number of benzene rings is 2. The van der Waals surface area contributed by atoms with Gasteiger partial charge in [-0.2, -0.15) is 5.10 Å². The second kappa shape index (κ2) is 11.5. The monoisotopic (exact) mass is 497 g/mol. The average Bonchev–Trinajstić information content (AvgIpc) is 3.20. The van der Waals surface area contributed by atoms with Gasteiger partial charge >= 0.3 is 0 Å². The number of piperazine rings is 1. The molecule has 0 aliphatic carbocycles. The Labute approximate surface area is 214 Å². The summed E-state index contributed by atoms with van der Waals surface area (Å²) in [6, 6.07) is 15.1.